The molecular formula is C22H34N2O6. The second kappa shape index (κ2) is 12.3. The number of carboxylic acids is 1. The van der Waals surface area contributed by atoms with E-state index in [1.165, 1.54) is 0 Å². The number of fused-ring (bicyclic) bond motifs is 2. The molecule has 8 heteroatoms. The minimum absolute atomic E-state index is 0.00375. The maximum Gasteiger partial charge on any atom is 0.407 e. The molecule has 0 heterocycles. The molecule has 2 aliphatic rings. The first-order valence-corrected chi connectivity index (χ1v) is 11.0. The molecule has 0 saturated heterocycles. The van der Waals surface area contributed by atoms with Crippen molar-refractivity contribution < 1.29 is 29.0 Å². The zero-order valence-corrected chi connectivity index (χ0v) is 17.7. The Hall–Kier alpha value is -2.38. The molecule has 8 nitrogen and oxygen atoms in total. The summed E-state index contributed by atoms with van der Waals surface area (Å²) < 4.78 is 5.33. The number of unbranched alkanes of at least 4 members (excludes halogenated alkanes) is 2. The van der Waals surface area contributed by atoms with Crippen molar-refractivity contribution in [1.29, 1.82) is 0 Å². The lowest BCUT2D eigenvalue weighted by Crippen LogP contribution is -2.38. The Morgan fingerprint density at radius 3 is 2.53 bits per heavy atom. The molecule has 4 atom stereocenters. The molecule has 2 rings (SSSR count). The van der Waals surface area contributed by atoms with E-state index in [1.54, 1.807) is 0 Å². The molecular weight excluding hydrogens is 388 g/mol. The summed E-state index contributed by atoms with van der Waals surface area (Å²) in [6.07, 6.45) is 9.15. The number of allylic oxidation sites excluding steroid dienone is 2. The Kier molecular flexibility index (Phi) is 9.83. The van der Waals surface area contributed by atoms with Crippen LogP contribution in [0, 0.1) is 23.7 Å². The summed E-state index contributed by atoms with van der Waals surface area (Å²) >= 11 is 0. The van der Waals surface area contributed by atoms with E-state index in [0.717, 1.165) is 32.1 Å². The monoisotopic (exact) mass is 422 g/mol. The molecule has 0 aromatic carbocycles. The van der Waals surface area contributed by atoms with Gasteiger partial charge in [0.05, 0.1) is 13.2 Å². The molecule has 2 bridgehead atoms. The summed E-state index contributed by atoms with van der Waals surface area (Å²) in [5.41, 5.74) is 0. The number of carbonyl (C=O) groups excluding carboxylic acids is 3. The molecule has 2 saturated carbocycles. The molecule has 168 valence electrons. The third-order valence-electron chi connectivity index (χ3n) is 6.09. The van der Waals surface area contributed by atoms with Crippen molar-refractivity contribution >= 4 is 23.8 Å². The van der Waals surface area contributed by atoms with Gasteiger partial charge < -0.3 is 20.5 Å². The lowest BCUT2D eigenvalue weighted by molar-refractivity contribution is -0.137. The maximum absolute atomic E-state index is 12.5. The Morgan fingerprint density at radius 2 is 1.83 bits per heavy atom. The highest BCUT2D eigenvalue weighted by Gasteiger charge is 2.53. The van der Waals surface area contributed by atoms with Gasteiger partial charge in [0.25, 0.3) is 0 Å². The highest BCUT2D eigenvalue weighted by molar-refractivity contribution is 5.88. The van der Waals surface area contributed by atoms with Gasteiger partial charge >= 0.3 is 12.1 Å². The second-order valence-electron chi connectivity index (χ2n) is 8.17. The topological polar surface area (TPSA) is 122 Å². The van der Waals surface area contributed by atoms with Gasteiger partial charge in [0, 0.05) is 30.7 Å². The van der Waals surface area contributed by atoms with Gasteiger partial charge in [-0.25, -0.2) is 4.79 Å². The van der Waals surface area contributed by atoms with Crippen molar-refractivity contribution in [3.63, 3.8) is 0 Å². The highest BCUT2D eigenvalue weighted by atomic mass is 16.5. The van der Waals surface area contributed by atoms with Gasteiger partial charge in [-0.05, 0) is 44.4 Å². The molecule has 0 aromatic heterocycles. The SMILES string of the molecule is CCCCNC(=O)CNC(=O)OC[C@H]1[C@@H](C/C=C\CCCC(=O)O)[C@H]2CC[C@@H]1C2=O. The molecule has 0 spiro atoms. The highest BCUT2D eigenvalue weighted by Crippen LogP contribution is 2.51. The molecule has 2 amide bonds. The lowest BCUT2D eigenvalue weighted by atomic mass is 9.78. The average molecular weight is 423 g/mol. The fourth-order valence-corrected chi connectivity index (χ4v) is 4.53. The number of ether oxygens (including phenoxy) is 1. The van der Waals surface area contributed by atoms with Crippen LogP contribution in [0.4, 0.5) is 4.79 Å². The van der Waals surface area contributed by atoms with Gasteiger partial charge in [0.2, 0.25) is 5.91 Å². The number of hydrogen-bond acceptors (Lipinski definition) is 5. The first kappa shape index (κ1) is 23.9. The van der Waals surface area contributed by atoms with Crippen LogP contribution in [0.15, 0.2) is 12.2 Å². The van der Waals surface area contributed by atoms with E-state index in [2.05, 4.69) is 10.6 Å². The van der Waals surface area contributed by atoms with E-state index in [4.69, 9.17) is 9.84 Å². The third kappa shape index (κ3) is 7.15. The summed E-state index contributed by atoms with van der Waals surface area (Å²) in [5, 5.41) is 13.8. The quantitative estimate of drug-likeness (QED) is 0.310. The number of rotatable bonds is 13. The molecule has 2 aliphatic carbocycles. The number of ketones is 1. The Morgan fingerprint density at radius 1 is 1.10 bits per heavy atom. The number of amides is 2. The maximum atomic E-state index is 12.5. The van der Waals surface area contributed by atoms with Crippen molar-refractivity contribution in [2.24, 2.45) is 23.7 Å². The minimum Gasteiger partial charge on any atom is -0.481 e. The van der Waals surface area contributed by atoms with Crippen LogP contribution < -0.4 is 10.6 Å². The number of carbonyl (C=O) groups is 4. The second-order valence-corrected chi connectivity index (χ2v) is 8.17. The number of alkyl carbamates (subject to hydrolysis) is 1. The van der Waals surface area contributed by atoms with Crippen molar-refractivity contribution in [2.45, 2.75) is 58.3 Å². The van der Waals surface area contributed by atoms with Crippen LogP contribution in [0.2, 0.25) is 0 Å². The van der Waals surface area contributed by atoms with Crippen LogP contribution in [0.3, 0.4) is 0 Å². The molecule has 0 aliphatic heterocycles. The summed E-state index contributed by atoms with van der Waals surface area (Å²) in [6, 6.07) is 0. The molecule has 2 fully saturated rings. The standard InChI is InChI=1S/C22H34N2O6/c1-2-3-12-23-19(25)13-24-22(29)30-14-18-15(16-10-11-17(18)21(16)28)8-6-4-5-7-9-20(26)27/h4,6,15-18H,2-3,5,7-14H2,1H3,(H,23,25)(H,24,29)(H,26,27)/b6-4-/t15-,16+,17-,18-/m0/s1. The number of Topliss-reactive ketones (excluding diaryl/α,β-unsaturated/α-hetero) is 1. The van der Waals surface area contributed by atoms with Crippen LogP contribution >= 0.6 is 0 Å². The van der Waals surface area contributed by atoms with E-state index in [-0.39, 0.29) is 54.9 Å². The molecule has 3 N–H and O–H groups in total. The summed E-state index contributed by atoms with van der Waals surface area (Å²) in [7, 11) is 0. The number of nitrogens with one attached hydrogen (secondary N) is 2. The van der Waals surface area contributed by atoms with Crippen molar-refractivity contribution in [2.75, 3.05) is 19.7 Å². The molecule has 0 aromatic rings. The van der Waals surface area contributed by atoms with Gasteiger partial charge in [0.15, 0.2) is 0 Å². The Balaban J connectivity index is 1.75. The third-order valence-corrected chi connectivity index (χ3v) is 6.09. The van der Waals surface area contributed by atoms with Crippen molar-refractivity contribution in [3.8, 4) is 0 Å². The molecule has 0 unspecified atom stereocenters. The zero-order valence-electron chi connectivity index (χ0n) is 17.7. The van der Waals surface area contributed by atoms with Crippen LogP contribution in [0.1, 0.15) is 58.3 Å². The fourth-order valence-electron chi connectivity index (χ4n) is 4.53. The Labute approximate surface area is 177 Å². The number of aliphatic carboxylic acids is 1. The van der Waals surface area contributed by atoms with Gasteiger partial charge in [-0.1, -0.05) is 25.5 Å². The van der Waals surface area contributed by atoms with Gasteiger partial charge in [-0.15, -0.1) is 0 Å². The first-order valence-electron chi connectivity index (χ1n) is 11.0. The summed E-state index contributed by atoms with van der Waals surface area (Å²) in [6.45, 7) is 2.67. The number of hydrogen-bond donors (Lipinski definition) is 3. The van der Waals surface area contributed by atoms with Crippen molar-refractivity contribution in [3.05, 3.63) is 12.2 Å². The van der Waals surface area contributed by atoms with Gasteiger partial charge in [0.1, 0.15) is 5.78 Å². The normalized spacial score (nSPS) is 24.9. The van der Waals surface area contributed by atoms with Crippen molar-refractivity contribution in [1.82, 2.24) is 10.6 Å². The first-order chi connectivity index (χ1) is 14.4. The Bertz CT molecular complexity index is 648. The average Bonchev–Trinajstić information content (AvgIpc) is 3.20. The zero-order chi connectivity index (χ0) is 21.9. The van der Waals surface area contributed by atoms with E-state index in [9.17, 15) is 19.2 Å². The fraction of sp³-hybridized carbons (Fsp3) is 0.727. The number of carboxylic acid groups (broad SMARTS) is 1. The minimum atomic E-state index is -0.795. The van der Waals surface area contributed by atoms with E-state index in [0.29, 0.717) is 19.4 Å². The van der Waals surface area contributed by atoms with Crippen LogP contribution in [-0.2, 0) is 19.1 Å². The largest absolute Gasteiger partial charge is 0.481 e. The van der Waals surface area contributed by atoms with E-state index < -0.39 is 12.1 Å². The smallest absolute Gasteiger partial charge is 0.407 e. The van der Waals surface area contributed by atoms with Crippen LogP contribution in [0.25, 0.3) is 0 Å². The van der Waals surface area contributed by atoms with Gasteiger partial charge in [-0.2, -0.15) is 0 Å². The summed E-state index contributed by atoms with van der Waals surface area (Å²) in [4.78, 5) is 46.6. The van der Waals surface area contributed by atoms with E-state index >= 15 is 0 Å². The van der Waals surface area contributed by atoms with Crippen LogP contribution in [0.5, 0.6) is 0 Å². The molecule has 30 heavy (non-hydrogen) atoms. The lowest BCUT2D eigenvalue weighted by Gasteiger charge is -2.28. The van der Waals surface area contributed by atoms with Gasteiger partial charge in [-0.3, -0.25) is 14.4 Å². The van der Waals surface area contributed by atoms with Crippen LogP contribution in [-0.4, -0.2) is 48.6 Å². The predicted molar refractivity (Wildman–Crippen MR) is 111 cm³/mol. The van der Waals surface area contributed by atoms with E-state index in [1.807, 2.05) is 19.1 Å². The summed E-state index contributed by atoms with van der Waals surface area (Å²) in [5.74, 6) is -0.632. The molecule has 0 radical (unpaired) electrons. The predicted octanol–water partition coefficient (Wildman–Crippen LogP) is 2.67.